The summed E-state index contributed by atoms with van der Waals surface area (Å²) in [6, 6.07) is 18.6. The van der Waals surface area contributed by atoms with Gasteiger partial charge >= 0.3 is 0 Å². The smallest absolute Gasteiger partial charge is 0.300 e. The van der Waals surface area contributed by atoms with Crippen LogP contribution in [0.5, 0.6) is 11.5 Å². The molecule has 7 heteroatoms. The lowest BCUT2D eigenvalue weighted by Gasteiger charge is -2.25. The maximum Gasteiger partial charge on any atom is 0.300 e. The van der Waals surface area contributed by atoms with Crippen LogP contribution in [0.1, 0.15) is 42.1 Å². The molecule has 1 amide bonds. The molecule has 1 heterocycles. The van der Waals surface area contributed by atoms with Gasteiger partial charge in [0.05, 0.1) is 29.9 Å². The van der Waals surface area contributed by atoms with E-state index in [1.807, 2.05) is 26.8 Å². The van der Waals surface area contributed by atoms with Crippen molar-refractivity contribution < 1.29 is 24.5 Å². The number of amides is 1. The Morgan fingerprint density at radius 2 is 1.72 bits per heavy atom. The van der Waals surface area contributed by atoms with Gasteiger partial charge in [0.2, 0.25) is 0 Å². The number of carbonyl (C=O) groups is 2. The Bertz CT molecular complexity index is 1380. The zero-order chi connectivity index (χ0) is 26.0. The number of aliphatic hydroxyl groups is 1. The van der Waals surface area contributed by atoms with Crippen LogP contribution in [0.25, 0.3) is 5.76 Å². The summed E-state index contributed by atoms with van der Waals surface area (Å²) in [4.78, 5) is 27.8. The summed E-state index contributed by atoms with van der Waals surface area (Å²) in [7, 11) is 0. The van der Waals surface area contributed by atoms with E-state index in [9.17, 15) is 19.8 Å². The molecule has 1 atom stereocenters. The number of ether oxygens (including phenoxy) is 1. The van der Waals surface area contributed by atoms with E-state index in [1.165, 1.54) is 17.0 Å². The molecule has 182 valence electrons. The van der Waals surface area contributed by atoms with Gasteiger partial charge in [-0.1, -0.05) is 26.0 Å². The Hall–Kier alpha value is -4.57. The van der Waals surface area contributed by atoms with Crippen molar-refractivity contribution in [3.63, 3.8) is 0 Å². The summed E-state index contributed by atoms with van der Waals surface area (Å²) in [5, 5.41) is 30.2. The zero-order valence-electron chi connectivity index (χ0n) is 20.2. The van der Waals surface area contributed by atoms with E-state index in [1.54, 1.807) is 54.6 Å². The summed E-state index contributed by atoms with van der Waals surface area (Å²) < 4.78 is 5.82. The van der Waals surface area contributed by atoms with Crippen molar-refractivity contribution in [3.8, 4) is 17.6 Å². The maximum absolute atomic E-state index is 13.3. The van der Waals surface area contributed by atoms with Crippen LogP contribution >= 0.6 is 0 Å². The number of aliphatic hydroxyl groups excluding tert-OH is 1. The van der Waals surface area contributed by atoms with E-state index >= 15 is 0 Å². The van der Waals surface area contributed by atoms with Crippen LogP contribution in [0.15, 0.2) is 72.3 Å². The van der Waals surface area contributed by atoms with Gasteiger partial charge < -0.3 is 14.9 Å². The van der Waals surface area contributed by atoms with Crippen molar-refractivity contribution in [1.29, 1.82) is 5.26 Å². The lowest BCUT2D eigenvalue weighted by atomic mass is 9.94. The number of hydrogen-bond acceptors (Lipinski definition) is 6. The van der Waals surface area contributed by atoms with Gasteiger partial charge in [0, 0.05) is 11.3 Å². The molecular weight excluding hydrogens is 456 g/mol. The minimum Gasteiger partial charge on any atom is -0.508 e. The fourth-order valence-corrected chi connectivity index (χ4v) is 4.14. The standard InChI is InChI=1S/C29H26N2O5/c1-17(2)16-36-24-13-8-21(14-18(24)3)27(33)25-26(20-6-11-23(32)12-7-20)31(29(35)28(25)34)22-9-4-19(15-30)5-10-22/h4-14,17,26,32-33H,16H2,1-3H3/b27-25-. The van der Waals surface area contributed by atoms with Crippen LogP contribution in [0.2, 0.25) is 0 Å². The highest BCUT2D eigenvalue weighted by Crippen LogP contribution is 2.42. The highest BCUT2D eigenvalue weighted by Gasteiger charge is 2.47. The second kappa shape index (κ2) is 9.96. The molecule has 1 unspecified atom stereocenters. The van der Waals surface area contributed by atoms with Gasteiger partial charge in [-0.25, -0.2) is 0 Å². The normalized spacial score (nSPS) is 16.9. The zero-order valence-corrected chi connectivity index (χ0v) is 20.2. The molecule has 0 bridgehead atoms. The average molecular weight is 483 g/mol. The topological polar surface area (TPSA) is 111 Å². The third-order valence-electron chi connectivity index (χ3n) is 5.95. The first-order chi connectivity index (χ1) is 17.2. The number of phenolic OH excluding ortho intramolecular Hbond substituents is 1. The molecule has 2 N–H and O–H groups in total. The predicted molar refractivity (Wildman–Crippen MR) is 136 cm³/mol. The molecule has 0 radical (unpaired) electrons. The van der Waals surface area contributed by atoms with E-state index in [-0.39, 0.29) is 17.1 Å². The molecule has 1 saturated heterocycles. The van der Waals surface area contributed by atoms with Gasteiger partial charge in [-0.05, 0) is 78.6 Å². The second-order valence-corrected chi connectivity index (χ2v) is 9.10. The molecule has 36 heavy (non-hydrogen) atoms. The van der Waals surface area contributed by atoms with Crippen LogP contribution in [0, 0.1) is 24.2 Å². The number of carbonyl (C=O) groups excluding carboxylic acids is 2. The van der Waals surface area contributed by atoms with Gasteiger partial charge in [-0.3, -0.25) is 14.5 Å². The second-order valence-electron chi connectivity index (χ2n) is 9.10. The Balaban J connectivity index is 1.84. The Kier molecular flexibility index (Phi) is 6.80. The third kappa shape index (κ3) is 4.66. The number of phenols is 1. The number of aryl methyl sites for hydroxylation is 1. The summed E-state index contributed by atoms with van der Waals surface area (Å²) in [5.74, 6) is -0.877. The molecule has 0 aliphatic carbocycles. The van der Waals surface area contributed by atoms with Crippen molar-refractivity contribution in [2.24, 2.45) is 5.92 Å². The van der Waals surface area contributed by atoms with Crippen LogP contribution in [0.3, 0.4) is 0 Å². The maximum atomic E-state index is 13.3. The molecule has 0 spiro atoms. The SMILES string of the molecule is Cc1cc(/C(O)=C2/C(=O)C(=O)N(c3ccc(C#N)cc3)C2c2ccc(O)cc2)ccc1OCC(C)C. The van der Waals surface area contributed by atoms with E-state index < -0.39 is 17.7 Å². The van der Waals surface area contributed by atoms with Gasteiger partial charge in [0.1, 0.15) is 17.3 Å². The molecule has 3 aromatic carbocycles. The molecular formula is C29H26N2O5. The van der Waals surface area contributed by atoms with Crippen molar-refractivity contribution in [1.82, 2.24) is 0 Å². The van der Waals surface area contributed by atoms with Gasteiger partial charge in [0.15, 0.2) is 0 Å². The molecule has 1 aliphatic heterocycles. The summed E-state index contributed by atoms with van der Waals surface area (Å²) >= 11 is 0. The van der Waals surface area contributed by atoms with Gasteiger partial charge in [-0.2, -0.15) is 5.26 Å². The number of benzene rings is 3. The minimum atomic E-state index is -0.935. The van der Waals surface area contributed by atoms with Crippen molar-refractivity contribution in [2.45, 2.75) is 26.8 Å². The first-order valence-electron chi connectivity index (χ1n) is 11.5. The predicted octanol–water partition coefficient (Wildman–Crippen LogP) is 5.23. The summed E-state index contributed by atoms with van der Waals surface area (Å²) in [6.07, 6.45) is 0. The minimum absolute atomic E-state index is 0.0293. The van der Waals surface area contributed by atoms with Gasteiger partial charge in [0.25, 0.3) is 11.7 Å². The molecule has 4 rings (SSSR count). The fraction of sp³-hybridized carbons (Fsp3) is 0.207. The third-order valence-corrected chi connectivity index (χ3v) is 5.95. The Morgan fingerprint density at radius 1 is 1.06 bits per heavy atom. The van der Waals surface area contributed by atoms with E-state index in [4.69, 9.17) is 10.00 Å². The Labute approximate surface area is 209 Å². The summed E-state index contributed by atoms with van der Waals surface area (Å²) in [6.45, 7) is 6.49. The number of Topliss-reactive ketones (excluding diaryl/α,β-unsaturated/α-hetero) is 1. The lowest BCUT2D eigenvalue weighted by molar-refractivity contribution is -0.132. The number of nitrogens with zero attached hydrogens (tertiary/aromatic N) is 2. The monoisotopic (exact) mass is 482 g/mol. The number of aromatic hydroxyl groups is 1. The lowest BCUT2D eigenvalue weighted by Crippen LogP contribution is -2.29. The number of anilines is 1. The van der Waals surface area contributed by atoms with Crippen LogP contribution in [-0.2, 0) is 9.59 Å². The highest BCUT2D eigenvalue weighted by molar-refractivity contribution is 6.51. The number of rotatable bonds is 6. The van der Waals surface area contributed by atoms with Crippen molar-refractivity contribution >= 4 is 23.1 Å². The van der Waals surface area contributed by atoms with Crippen LogP contribution in [-0.4, -0.2) is 28.5 Å². The number of hydrogen-bond donors (Lipinski definition) is 2. The molecule has 3 aromatic rings. The van der Waals surface area contributed by atoms with Crippen LogP contribution < -0.4 is 9.64 Å². The molecule has 7 nitrogen and oxygen atoms in total. The molecule has 0 aromatic heterocycles. The van der Waals surface area contributed by atoms with E-state index in [2.05, 4.69) is 0 Å². The van der Waals surface area contributed by atoms with Crippen molar-refractivity contribution in [2.75, 3.05) is 11.5 Å². The number of ketones is 1. The largest absolute Gasteiger partial charge is 0.508 e. The van der Waals surface area contributed by atoms with E-state index in [0.29, 0.717) is 40.7 Å². The quantitative estimate of drug-likeness (QED) is 0.283. The summed E-state index contributed by atoms with van der Waals surface area (Å²) in [5.41, 5.74) is 2.44. The molecule has 1 fully saturated rings. The van der Waals surface area contributed by atoms with Gasteiger partial charge in [-0.15, -0.1) is 0 Å². The Morgan fingerprint density at radius 3 is 2.31 bits per heavy atom. The molecule has 1 aliphatic rings. The van der Waals surface area contributed by atoms with E-state index in [0.717, 1.165) is 5.56 Å². The first-order valence-corrected chi connectivity index (χ1v) is 11.5. The van der Waals surface area contributed by atoms with Crippen LogP contribution in [0.4, 0.5) is 5.69 Å². The molecule has 0 saturated carbocycles. The van der Waals surface area contributed by atoms with Crippen molar-refractivity contribution in [3.05, 3.63) is 94.6 Å². The first kappa shape index (κ1) is 24.6. The number of nitriles is 1. The highest BCUT2D eigenvalue weighted by atomic mass is 16.5. The fourth-order valence-electron chi connectivity index (χ4n) is 4.14. The average Bonchev–Trinajstić information content (AvgIpc) is 3.13.